The first-order valence-electron chi connectivity index (χ1n) is 10.6. The smallest absolute Gasteiger partial charge is 0.313 e. The van der Waals surface area contributed by atoms with Gasteiger partial charge in [0, 0.05) is 6.92 Å². The molecule has 0 aromatic heterocycles. The third kappa shape index (κ3) is 5.72. The molecule has 0 unspecified atom stereocenters. The topological polar surface area (TPSA) is 52.6 Å². The summed E-state index contributed by atoms with van der Waals surface area (Å²) in [5, 5.41) is 3.29. The van der Waals surface area contributed by atoms with E-state index < -0.39 is 19.2 Å². The summed E-state index contributed by atoms with van der Waals surface area (Å²) in [7, 11) is -2.40. The summed E-state index contributed by atoms with van der Waals surface area (Å²) in [5.41, 5.74) is 0. The lowest BCUT2D eigenvalue weighted by atomic mass is 10.3. The number of carbonyl (C=O) groups excluding carboxylic acids is 2. The molecule has 0 aliphatic heterocycles. The van der Waals surface area contributed by atoms with E-state index in [2.05, 4.69) is 36.4 Å². The zero-order valence-corrected chi connectivity index (χ0v) is 19.5. The molecule has 3 aromatic carbocycles. The molecule has 0 bridgehead atoms. The Morgan fingerprint density at radius 1 is 0.781 bits per heavy atom. The van der Waals surface area contributed by atoms with Crippen LogP contribution in [0.2, 0.25) is 0 Å². The summed E-state index contributed by atoms with van der Waals surface area (Å²) in [4.78, 5) is 24.4. The predicted octanol–water partition coefficient (Wildman–Crippen LogP) is 4.73. The van der Waals surface area contributed by atoms with Gasteiger partial charge in [-0.15, -0.1) is 0 Å². The van der Waals surface area contributed by atoms with Crippen molar-refractivity contribution in [2.45, 2.75) is 33.3 Å². The summed E-state index contributed by atoms with van der Waals surface area (Å²) in [6.07, 6.45) is -0.371. The SMILES string of the molecule is CC(=O)O/C(=C\[P+](c1ccccc1)(c1ccccc1)c1ccccc1)CC(=O)OC(C)C. The van der Waals surface area contributed by atoms with Gasteiger partial charge in [-0.25, -0.2) is 0 Å². The van der Waals surface area contributed by atoms with Crippen molar-refractivity contribution in [2.75, 3.05) is 0 Å². The molecule has 0 heterocycles. The molecule has 0 N–H and O–H groups in total. The van der Waals surface area contributed by atoms with Crippen LogP contribution in [0, 0.1) is 0 Å². The highest BCUT2D eigenvalue weighted by atomic mass is 31.2. The van der Waals surface area contributed by atoms with Gasteiger partial charge in [0.05, 0.1) is 6.10 Å². The maximum atomic E-state index is 12.5. The molecular weight excluding hydrogens is 419 g/mol. The molecule has 3 rings (SSSR count). The fraction of sp³-hybridized carbons (Fsp3) is 0.185. The number of benzene rings is 3. The number of rotatable bonds is 8. The van der Waals surface area contributed by atoms with Crippen LogP contribution in [0.15, 0.2) is 103 Å². The normalized spacial score (nSPS) is 11.8. The van der Waals surface area contributed by atoms with E-state index >= 15 is 0 Å². The molecule has 0 saturated carbocycles. The van der Waals surface area contributed by atoms with Crippen LogP contribution in [0.25, 0.3) is 0 Å². The largest absolute Gasteiger partial charge is 0.463 e. The minimum Gasteiger partial charge on any atom is -0.463 e. The van der Waals surface area contributed by atoms with E-state index in [1.807, 2.05) is 60.4 Å². The van der Waals surface area contributed by atoms with Crippen molar-refractivity contribution in [1.29, 1.82) is 0 Å². The average Bonchev–Trinajstić information content (AvgIpc) is 2.78. The minimum atomic E-state index is -2.40. The van der Waals surface area contributed by atoms with E-state index in [0.29, 0.717) is 5.76 Å². The first kappa shape index (κ1) is 23.4. The minimum absolute atomic E-state index is 0.119. The molecular formula is C27H28O4P+. The van der Waals surface area contributed by atoms with Gasteiger partial charge in [-0.05, 0) is 50.2 Å². The lowest BCUT2D eigenvalue weighted by Gasteiger charge is -2.25. The average molecular weight is 447 g/mol. The van der Waals surface area contributed by atoms with Crippen LogP contribution in [0.1, 0.15) is 27.2 Å². The monoisotopic (exact) mass is 447 g/mol. The van der Waals surface area contributed by atoms with Gasteiger partial charge in [0.15, 0.2) is 5.76 Å². The number of esters is 2. The zero-order valence-electron chi connectivity index (χ0n) is 18.6. The van der Waals surface area contributed by atoms with Crippen molar-refractivity contribution in [3.63, 3.8) is 0 Å². The van der Waals surface area contributed by atoms with Gasteiger partial charge in [-0.3, -0.25) is 9.59 Å². The Kier molecular flexibility index (Phi) is 7.97. The van der Waals surface area contributed by atoms with Gasteiger partial charge in [0.2, 0.25) is 0 Å². The molecule has 5 heteroatoms. The molecule has 0 saturated heterocycles. The first-order chi connectivity index (χ1) is 15.4. The molecule has 4 nitrogen and oxygen atoms in total. The van der Waals surface area contributed by atoms with Crippen LogP contribution < -0.4 is 15.9 Å². The lowest BCUT2D eigenvalue weighted by molar-refractivity contribution is -0.148. The second kappa shape index (κ2) is 10.9. The second-order valence-electron chi connectivity index (χ2n) is 7.63. The van der Waals surface area contributed by atoms with E-state index in [9.17, 15) is 9.59 Å². The van der Waals surface area contributed by atoms with Gasteiger partial charge in [-0.2, -0.15) is 0 Å². The van der Waals surface area contributed by atoms with Gasteiger partial charge < -0.3 is 9.47 Å². The van der Waals surface area contributed by atoms with Gasteiger partial charge in [-0.1, -0.05) is 54.6 Å². The van der Waals surface area contributed by atoms with Crippen molar-refractivity contribution < 1.29 is 19.1 Å². The summed E-state index contributed by atoms with van der Waals surface area (Å²) in [5.74, 6) is 1.38. The Labute approximate surface area is 190 Å². The maximum Gasteiger partial charge on any atom is 0.313 e. The van der Waals surface area contributed by atoms with Crippen molar-refractivity contribution in [2.24, 2.45) is 0 Å². The number of ether oxygens (including phenoxy) is 2. The molecule has 0 spiro atoms. The highest BCUT2D eigenvalue weighted by Gasteiger charge is 2.45. The van der Waals surface area contributed by atoms with Crippen LogP contribution in [0.5, 0.6) is 0 Å². The molecule has 32 heavy (non-hydrogen) atoms. The summed E-state index contributed by atoms with van der Waals surface area (Å²) < 4.78 is 10.9. The molecule has 0 radical (unpaired) electrons. The van der Waals surface area contributed by atoms with E-state index in [1.165, 1.54) is 6.92 Å². The maximum absolute atomic E-state index is 12.5. The second-order valence-corrected chi connectivity index (χ2v) is 10.9. The Bertz CT molecular complexity index is 964. The standard InChI is InChI=1S/C27H28O4P/c1-21(2)30-27(29)19-23(31-22(3)28)20-32(24-13-7-4-8-14-24,25-15-9-5-10-16-25)26-17-11-6-12-18-26/h4-18,20-21H,19H2,1-3H3/q+1/b23-20-. The molecule has 3 aromatic rings. The van der Waals surface area contributed by atoms with Crippen LogP contribution in [0.3, 0.4) is 0 Å². The summed E-state index contributed by atoms with van der Waals surface area (Å²) >= 11 is 0. The molecule has 164 valence electrons. The van der Waals surface area contributed by atoms with Crippen LogP contribution in [-0.2, 0) is 19.1 Å². The lowest BCUT2D eigenvalue weighted by Crippen LogP contribution is -2.30. The van der Waals surface area contributed by atoms with Gasteiger partial charge in [0.25, 0.3) is 0 Å². The van der Waals surface area contributed by atoms with Crippen LogP contribution in [-0.4, -0.2) is 18.0 Å². The Morgan fingerprint density at radius 3 is 1.53 bits per heavy atom. The third-order valence-electron chi connectivity index (χ3n) is 4.79. The van der Waals surface area contributed by atoms with Crippen molar-refractivity contribution in [3.8, 4) is 0 Å². The van der Waals surface area contributed by atoms with E-state index in [-0.39, 0.29) is 12.5 Å². The Morgan fingerprint density at radius 2 is 1.19 bits per heavy atom. The molecule has 0 aliphatic carbocycles. The fourth-order valence-corrected chi connectivity index (χ4v) is 7.46. The van der Waals surface area contributed by atoms with Crippen LogP contribution >= 0.6 is 7.26 Å². The third-order valence-corrected chi connectivity index (χ3v) is 8.80. The van der Waals surface area contributed by atoms with E-state index in [4.69, 9.17) is 9.47 Å². The van der Waals surface area contributed by atoms with Crippen molar-refractivity contribution in [3.05, 3.63) is 103 Å². The number of hydrogen-bond acceptors (Lipinski definition) is 4. The van der Waals surface area contributed by atoms with Gasteiger partial charge >= 0.3 is 11.9 Å². The van der Waals surface area contributed by atoms with Crippen molar-refractivity contribution >= 4 is 35.1 Å². The predicted molar refractivity (Wildman–Crippen MR) is 131 cm³/mol. The Balaban J connectivity index is 2.28. The number of carbonyl (C=O) groups is 2. The van der Waals surface area contributed by atoms with E-state index in [1.54, 1.807) is 13.8 Å². The molecule has 0 aliphatic rings. The molecule has 0 fully saturated rings. The fourth-order valence-electron chi connectivity index (χ4n) is 3.62. The van der Waals surface area contributed by atoms with Crippen molar-refractivity contribution in [1.82, 2.24) is 0 Å². The summed E-state index contributed by atoms with van der Waals surface area (Å²) in [6, 6.07) is 30.5. The number of hydrogen-bond donors (Lipinski definition) is 0. The highest BCUT2D eigenvalue weighted by molar-refractivity contribution is 7.98. The molecule has 0 atom stereocenters. The van der Waals surface area contributed by atoms with Crippen LogP contribution in [0.4, 0.5) is 0 Å². The Hall–Kier alpha value is -3.23. The van der Waals surface area contributed by atoms with Gasteiger partial charge in [0.1, 0.15) is 35.4 Å². The van der Waals surface area contributed by atoms with E-state index in [0.717, 1.165) is 15.9 Å². The highest BCUT2D eigenvalue weighted by Crippen LogP contribution is 2.57. The first-order valence-corrected chi connectivity index (χ1v) is 12.4. The zero-order chi connectivity index (χ0) is 23.0. The molecule has 0 amide bonds. The quantitative estimate of drug-likeness (QED) is 0.285. The summed E-state index contributed by atoms with van der Waals surface area (Å²) in [6.45, 7) is 4.93.